The smallest absolute Gasteiger partial charge is 0.318 e. The maximum Gasteiger partial charge on any atom is 0.318 e. The first-order valence-electron chi connectivity index (χ1n) is 7.15. The minimum absolute atomic E-state index is 0.277. The zero-order chi connectivity index (χ0) is 15.2. The van der Waals surface area contributed by atoms with Gasteiger partial charge in [0.25, 0.3) is 0 Å². The molecule has 2 rings (SSSR count). The van der Waals surface area contributed by atoms with Crippen molar-refractivity contribution in [1.82, 2.24) is 15.1 Å². The lowest BCUT2D eigenvalue weighted by molar-refractivity contribution is -0.145. The summed E-state index contributed by atoms with van der Waals surface area (Å²) >= 11 is 0. The Balaban J connectivity index is 2.30. The molecule has 0 aliphatic rings. The molecule has 2 aromatic rings. The van der Waals surface area contributed by atoms with Gasteiger partial charge in [0, 0.05) is 6.20 Å². The number of nitrogens with zero attached hydrogens (tertiary/aromatic N) is 3. The third-order valence-electron chi connectivity index (χ3n) is 3.20. The predicted octanol–water partition coefficient (Wildman–Crippen LogP) is 2.75. The van der Waals surface area contributed by atoms with Crippen LogP contribution >= 0.6 is 0 Å². The van der Waals surface area contributed by atoms with E-state index in [2.05, 4.69) is 15.1 Å². The monoisotopic (exact) mass is 289 g/mol. The minimum Gasteiger partial charge on any atom is -0.465 e. The highest BCUT2D eigenvalue weighted by Gasteiger charge is 2.27. The van der Waals surface area contributed by atoms with Crippen molar-refractivity contribution >= 4 is 5.97 Å². The molecule has 112 valence electrons. The van der Waals surface area contributed by atoms with E-state index in [9.17, 15) is 4.79 Å². The number of aromatic nitrogens is 3. The van der Waals surface area contributed by atoms with E-state index < -0.39 is 5.92 Å². The van der Waals surface area contributed by atoms with Gasteiger partial charge < -0.3 is 9.26 Å². The van der Waals surface area contributed by atoms with Gasteiger partial charge in [-0.1, -0.05) is 25.1 Å². The largest absolute Gasteiger partial charge is 0.465 e. The molecule has 0 aromatic carbocycles. The van der Waals surface area contributed by atoms with Crippen molar-refractivity contribution in [2.24, 2.45) is 0 Å². The summed E-state index contributed by atoms with van der Waals surface area (Å²) in [5.41, 5.74) is 1.72. The van der Waals surface area contributed by atoms with Gasteiger partial charge in [-0.3, -0.25) is 9.78 Å². The van der Waals surface area contributed by atoms with Gasteiger partial charge >= 0.3 is 5.97 Å². The Bertz CT molecular complexity index is 610. The van der Waals surface area contributed by atoms with Crippen LogP contribution in [0.2, 0.25) is 0 Å². The molecule has 0 saturated carbocycles. The van der Waals surface area contributed by atoms with E-state index in [-0.39, 0.29) is 11.9 Å². The standard InChI is InChI=1S/C15H19N3O3/c1-4-10-8-7-9-16-12(10)13-17-14(21-18-13)11(5-2)15(19)20-6-3/h7-9,11H,4-6H2,1-3H3. The van der Waals surface area contributed by atoms with Gasteiger partial charge in [-0.15, -0.1) is 0 Å². The average Bonchev–Trinajstić information content (AvgIpc) is 2.97. The molecular weight excluding hydrogens is 270 g/mol. The van der Waals surface area contributed by atoms with Crippen LogP contribution in [0, 0.1) is 0 Å². The summed E-state index contributed by atoms with van der Waals surface area (Å²) in [7, 11) is 0. The first-order valence-corrected chi connectivity index (χ1v) is 7.15. The lowest BCUT2D eigenvalue weighted by atomic mass is 10.1. The lowest BCUT2D eigenvalue weighted by Gasteiger charge is -2.08. The number of hydrogen-bond donors (Lipinski definition) is 0. The van der Waals surface area contributed by atoms with Crippen molar-refractivity contribution in [2.75, 3.05) is 6.61 Å². The van der Waals surface area contributed by atoms with Crippen LogP contribution in [-0.2, 0) is 16.0 Å². The molecule has 0 N–H and O–H groups in total. The highest BCUT2D eigenvalue weighted by atomic mass is 16.5. The van der Waals surface area contributed by atoms with Crippen LogP contribution in [-0.4, -0.2) is 27.7 Å². The second-order valence-corrected chi connectivity index (χ2v) is 4.53. The fourth-order valence-corrected chi connectivity index (χ4v) is 2.08. The van der Waals surface area contributed by atoms with Crippen LogP contribution in [0.15, 0.2) is 22.9 Å². The van der Waals surface area contributed by atoms with Crippen LogP contribution in [0.5, 0.6) is 0 Å². The molecule has 0 radical (unpaired) electrons. The SMILES string of the molecule is CCOC(=O)C(CC)c1nc(-c2ncccc2CC)no1. The number of carbonyl (C=O) groups excluding carboxylic acids is 1. The predicted molar refractivity (Wildman–Crippen MR) is 76.6 cm³/mol. The average molecular weight is 289 g/mol. The number of aryl methyl sites for hydroxylation is 1. The zero-order valence-corrected chi connectivity index (χ0v) is 12.5. The number of carbonyl (C=O) groups is 1. The summed E-state index contributed by atoms with van der Waals surface area (Å²) in [4.78, 5) is 20.5. The van der Waals surface area contributed by atoms with Gasteiger partial charge in [0.2, 0.25) is 11.7 Å². The molecule has 2 aromatic heterocycles. The molecule has 0 aliphatic carbocycles. The van der Waals surface area contributed by atoms with Gasteiger partial charge in [0.05, 0.1) is 6.61 Å². The number of pyridine rings is 1. The van der Waals surface area contributed by atoms with Gasteiger partial charge in [-0.25, -0.2) is 0 Å². The molecule has 0 amide bonds. The fraction of sp³-hybridized carbons (Fsp3) is 0.467. The molecular formula is C15H19N3O3. The topological polar surface area (TPSA) is 78.1 Å². The van der Waals surface area contributed by atoms with Crippen molar-refractivity contribution in [1.29, 1.82) is 0 Å². The summed E-state index contributed by atoms with van der Waals surface area (Å²) in [6.45, 7) is 6.01. The molecule has 0 spiro atoms. The maximum atomic E-state index is 11.9. The number of ether oxygens (including phenoxy) is 1. The number of esters is 1. The van der Waals surface area contributed by atoms with E-state index in [4.69, 9.17) is 9.26 Å². The zero-order valence-electron chi connectivity index (χ0n) is 12.5. The number of rotatable bonds is 6. The fourth-order valence-electron chi connectivity index (χ4n) is 2.08. The molecule has 1 unspecified atom stereocenters. The van der Waals surface area contributed by atoms with Crippen molar-refractivity contribution in [3.8, 4) is 11.5 Å². The van der Waals surface area contributed by atoms with Crippen LogP contribution in [0.25, 0.3) is 11.5 Å². The van der Waals surface area contributed by atoms with Crippen LogP contribution in [0.3, 0.4) is 0 Å². The second-order valence-electron chi connectivity index (χ2n) is 4.53. The second kappa shape index (κ2) is 6.97. The summed E-state index contributed by atoms with van der Waals surface area (Å²) in [5, 5.41) is 3.95. The van der Waals surface area contributed by atoms with Gasteiger partial charge in [-0.2, -0.15) is 4.98 Å². The summed E-state index contributed by atoms with van der Waals surface area (Å²) in [6.07, 6.45) is 3.05. The molecule has 0 bridgehead atoms. The number of hydrogen-bond acceptors (Lipinski definition) is 6. The molecule has 2 heterocycles. The van der Waals surface area contributed by atoms with E-state index in [0.29, 0.717) is 24.5 Å². The van der Waals surface area contributed by atoms with Crippen LogP contribution in [0.1, 0.15) is 44.6 Å². The molecule has 6 heteroatoms. The third-order valence-corrected chi connectivity index (χ3v) is 3.20. The van der Waals surface area contributed by atoms with Gasteiger partial charge in [-0.05, 0) is 31.4 Å². The maximum absolute atomic E-state index is 11.9. The minimum atomic E-state index is -0.528. The summed E-state index contributed by atoms with van der Waals surface area (Å²) in [5.74, 6) is -0.184. The quantitative estimate of drug-likeness (QED) is 0.761. The van der Waals surface area contributed by atoms with E-state index in [1.807, 2.05) is 26.0 Å². The third kappa shape index (κ3) is 3.26. The first kappa shape index (κ1) is 15.2. The highest BCUT2D eigenvalue weighted by molar-refractivity contribution is 5.76. The first-order chi connectivity index (χ1) is 10.2. The molecule has 6 nitrogen and oxygen atoms in total. The van der Waals surface area contributed by atoms with Crippen molar-refractivity contribution in [2.45, 2.75) is 39.5 Å². The van der Waals surface area contributed by atoms with Crippen LogP contribution in [0.4, 0.5) is 0 Å². The van der Waals surface area contributed by atoms with Crippen molar-refractivity contribution < 1.29 is 14.1 Å². The molecule has 0 aliphatic heterocycles. The van der Waals surface area contributed by atoms with Gasteiger partial charge in [0.1, 0.15) is 11.6 Å². The van der Waals surface area contributed by atoms with E-state index >= 15 is 0 Å². The van der Waals surface area contributed by atoms with Crippen LogP contribution < -0.4 is 0 Å². The Morgan fingerprint density at radius 2 is 2.19 bits per heavy atom. The Labute approximate surface area is 123 Å². The van der Waals surface area contributed by atoms with E-state index in [1.165, 1.54) is 0 Å². The van der Waals surface area contributed by atoms with Crippen molar-refractivity contribution in [3.05, 3.63) is 29.8 Å². The normalized spacial score (nSPS) is 12.1. The van der Waals surface area contributed by atoms with E-state index in [0.717, 1.165) is 12.0 Å². The Kier molecular flexibility index (Phi) is 5.03. The molecule has 21 heavy (non-hydrogen) atoms. The molecule has 1 atom stereocenters. The van der Waals surface area contributed by atoms with E-state index in [1.54, 1.807) is 13.1 Å². The highest BCUT2D eigenvalue weighted by Crippen LogP contribution is 2.24. The van der Waals surface area contributed by atoms with Crippen molar-refractivity contribution in [3.63, 3.8) is 0 Å². The Hall–Kier alpha value is -2.24. The Morgan fingerprint density at radius 3 is 2.86 bits per heavy atom. The summed E-state index contributed by atoms with van der Waals surface area (Å²) in [6, 6.07) is 3.85. The summed E-state index contributed by atoms with van der Waals surface area (Å²) < 4.78 is 10.3. The molecule has 0 saturated heterocycles. The van der Waals surface area contributed by atoms with Gasteiger partial charge in [0.15, 0.2) is 0 Å². The lowest BCUT2D eigenvalue weighted by Crippen LogP contribution is -2.15. The molecule has 0 fully saturated rings. The Morgan fingerprint density at radius 1 is 1.38 bits per heavy atom.